The van der Waals surface area contributed by atoms with Crippen molar-refractivity contribution >= 4 is 33.7 Å². The van der Waals surface area contributed by atoms with Crippen LogP contribution in [0.1, 0.15) is 11.8 Å². The molecule has 4 atom stereocenters. The van der Waals surface area contributed by atoms with Crippen LogP contribution in [0.5, 0.6) is 0 Å². The summed E-state index contributed by atoms with van der Waals surface area (Å²) in [5, 5.41) is 18.9. The summed E-state index contributed by atoms with van der Waals surface area (Å²) >= 11 is 0. The van der Waals surface area contributed by atoms with Crippen LogP contribution in [-0.2, 0) is 16.0 Å². The van der Waals surface area contributed by atoms with E-state index in [-0.39, 0.29) is 5.91 Å². The molecule has 10 nitrogen and oxygen atoms in total. The summed E-state index contributed by atoms with van der Waals surface area (Å²) in [5.74, 6) is 0.192. The van der Waals surface area contributed by atoms with Crippen LogP contribution >= 0.6 is 0 Å². The molecule has 2 aromatic carbocycles. The number of nitrogens with one attached hydrogen (secondary N) is 2. The topological polar surface area (TPSA) is 140 Å². The van der Waals surface area contributed by atoms with E-state index in [1.165, 1.54) is 36.0 Å². The Morgan fingerprint density at radius 3 is 2.85 bits per heavy atom. The fourth-order valence-corrected chi connectivity index (χ4v) is 4.29. The molecule has 1 aliphatic heterocycles. The van der Waals surface area contributed by atoms with E-state index in [1.54, 1.807) is 4.57 Å². The number of rotatable bonds is 6. The van der Waals surface area contributed by atoms with Gasteiger partial charge < -0.3 is 26.2 Å². The lowest BCUT2D eigenvalue weighted by Gasteiger charge is -2.16. The Morgan fingerprint density at radius 1 is 1.18 bits per heavy atom. The van der Waals surface area contributed by atoms with E-state index in [0.29, 0.717) is 23.5 Å². The summed E-state index contributed by atoms with van der Waals surface area (Å²) < 4.78 is 7.35. The standard InChI is InChI=1S/C23H25N7O3/c1-25-22(32)19-16(24)18(31)23(33-19)30-12-29-17-20(27-11-28-21(17)30)26-10-9-14-7-4-6-13-5-2-3-8-15(13)14/h2-8,11-12,16,18-19,23,31H,9-10,24H2,1H3,(H,25,32)(H,26,27,28)/t16-,18-,19-,23+/m0/s1. The molecule has 5 N–H and O–H groups in total. The SMILES string of the molecule is CNC(=O)[C@H]1O[C@@H](n2cnc3c(NCCc4cccc5ccccc45)ncnc32)[C@@H](O)[C@@H]1N. The zero-order chi connectivity index (χ0) is 22.9. The van der Waals surface area contributed by atoms with Gasteiger partial charge in [-0.25, -0.2) is 15.0 Å². The second kappa shape index (κ2) is 8.74. The highest BCUT2D eigenvalue weighted by Crippen LogP contribution is 2.31. The predicted molar refractivity (Wildman–Crippen MR) is 123 cm³/mol. The van der Waals surface area contributed by atoms with Crippen LogP contribution in [0.25, 0.3) is 21.9 Å². The molecule has 170 valence electrons. The molecule has 1 fully saturated rings. The number of benzene rings is 2. The van der Waals surface area contributed by atoms with E-state index in [1.807, 2.05) is 12.1 Å². The number of nitrogens with zero attached hydrogens (tertiary/aromatic N) is 4. The van der Waals surface area contributed by atoms with Gasteiger partial charge in [0.15, 0.2) is 29.3 Å². The van der Waals surface area contributed by atoms with Crippen molar-refractivity contribution in [2.75, 3.05) is 18.9 Å². The van der Waals surface area contributed by atoms with E-state index >= 15 is 0 Å². The Bertz CT molecular complexity index is 1300. The van der Waals surface area contributed by atoms with E-state index in [4.69, 9.17) is 10.5 Å². The van der Waals surface area contributed by atoms with Gasteiger partial charge in [-0.05, 0) is 22.8 Å². The van der Waals surface area contributed by atoms with Crippen LogP contribution in [0.2, 0.25) is 0 Å². The Hall–Kier alpha value is -3.60. The number of nitrogens with two attached hydrogens (primary N) is 1. The number of imidazole rings is 1. The minimum Gasteiger partial charge on any atom is -0.387 e. The van der Waals surface area contributed by atoms with Crippen molar-refractivity contribution in [3.63, 3.8) is 0 Å². The number of carbonyl (C=O) groups excluding carboxylic acids is 1. The third kappa shape index (κ3) is 3.78. The molecule has 1 aliphatic rings. The molecule has 0 spiro atoms. The average Bonchev–Trinajstić information content (AvgIpc) is 3.40. The van der Waals surface area contributed by atoms with E-state index in [9.17, 15) is 9.90 Å². The normalized spacial score (nSPS) is 22.6. The number of carbonyl (C=O) groups is 1. The molecule has 0 saturated carbocycles. The molecule has 10 heteroatoms. The first-order valence-corrected chi connectivity index (χ1v) is 10.8. The quantitative estimate of drug-likeness (QED) is 0.343. The van der Waals surface area contributed by atoms with Crippen molar-refractivity contribution in [3.05, 3.63) is 60.7 Å². The highest BCUT2D eigenvalue weighted by atomic mass is 16.5. The first-order chi connectivity index (χ1) is 16.1. The Labute approximate surface area is 189 Å². The van der Waals surface area contributed by atoms with E-state index in [2.05, 4.69) is 55.9 Å². The van der Waals surface area contributed by atoms with Gasteiger partial charge in [0.1, 0.15) is 12.4 Å². The summed E-state index contributed by atoms with van der Waals surface area (Å²) in [6.45, 7) is 0.652. The van der Waals surface area contributed by atoms with E-state index in [0.717, 1.165) is 6.42 Å². The van der Waals surface area contributed by atoms with Crippen molar-refractivity contribution in [2.24, 2.45) is 5.73 Å². The Morgan fingerprint density at radius 2 is 2.00 bits per heavy atom. The van der Waals surface area contributed by atoms with Gasteiger partial charge in [-0.15, -0.1) is 0 Å². The second-order valence-electron chi connectivity index (χ2n) is 7.99. The number of amides is 1. The maximum absolute atomic E-state index is 12.0. The number of hydrogen-bond donors (Lipinski definition) is 4. The van der Waals surface area contributed by atoms with Gasteiger partial charge >= 0.3 is 0 Å². The highest BCUT2D eigenvalue weighted by Gasteiger charge is 2.46. The molecule has 4 aromatic rings. The summed E-state index contributed by atoms with van der Waals surface area (Å²) in [7, 11) is 1.49. The third-order valence-corrected chi connectivity index (χ3v) is 6.03. The first kappa shape index (κ1) is 21.3. The molecular weight excluding hydrogens is 422 g/mol. The Kier molecular flexibility index (Phi) is 5.63. The van der Waals surface area contributed by atoms with Gasteiger partial charge in [0, 0.05) is 13.6 Å². The van der Waals surface area contributed by atoms with Gasteiger partial charge in [-0.2, -0.15) is 0 Å². The maximum atomic E-state index is 12.0. The fraction of sp³-hybridized carbons (Fsp3) is 0.304. The van der Waals surface area contributed by atoms with Gasteiger partial charge in [-0.3, -0.25) is 9.36 Å². The van der Waals surface area contributed by atoms with Crippen molar-refractivity contribution < 1.29 is 14.6 Å². The van der Waals surface area contributed by atoms with Gasteiger partial charge in [0.05, 0.1) is 12.4 Å². The molecule has 2 aromatic heterocycles. The number of hydrogen-bond acceptors (Lipinski definition) is 8. The largest absolute Gasteiger partial charge is 0.387 e. The third-order valence-electron chi connectivity index (χ3n) is 6.03. The lowest BCUT2D eigenvalue weighted by Crippen LogP contribution is -2.46. The zero-order valence-corrected chi connectivity index (χ0v) is 18.0. The highest BCUT2D eigenvalue weighted by molar-refractivity contribution is 5.86. The van der Waals surface area contributed by atoms with Gasteiger partial charge in [-0.1, -0.05) is 42.5 Å². The zero-order valence-electron chi connectivity index (χ0n) is 18.0. The minimum atomic E-state index is -1.09. The second-order valence-corrected chi connectivity index (χ2v) is 7.99. The molecule has 0 unspecified atom stereocenters. The monoisotopic (exact) mass is 447 g/mol. The van der Waals surface area contributed by atoms with Crippen molar-refractivity contribution in [3.8, 4) is 0 Å². The van der Waals surface area contributed by atoms with Crippen LogP contribution in [0, 0.1) is 0 Å². The van der Waals surface area contributed by atoms with Crippen LogP contribution < -0.4 is 16.4 Å². The number of aromatic nitrogens is 4. The van der Waals surface area contributed by atoms with Crippen LogP contribution in [0.4, 0.5) is 5.82 Å². The molecular formula is C23H25N7O3. The summed E-state index contributed by atoms with van der Waals surface area (Å²) in [6, 6.07) is 13.7. The Balaban J connectivity index is 1.35. The number of aliphatic hydroxyl groups excluding tert-OH is 1. The maximum Gasteiger partial charge on any atom is 0.250 e. The van der Waals surface area contributed by atoms with Gasteiger partial charge in [0.25, 0.3) is 5.91 Å². The molecule has 33 heavy (non-hydrogen) atoms. The predicted octanol–water partition coefficient (Wildman–Crippen LogP) is 0.966. The molecule has 0 bridgehead atoms. The number of anilines is 1. The summed E-state index contributed by atoms with van der Waals surface area (Å²) in [4.78, 5) is 25.1. The summed E-state index contributed by atoms with van der Waals surface area (Å²) in [6.07, 6.45) is 0.807. The summed E-state index contributed by atoms with van der Waals surface area (Å²) in [5.41, 5.74) is 8.28. The first-order valence-electron chi connectivity index (χ1n) is 10.8. The molecule has 0 aliphatic carbocycles. The molecule has 1 saturated heterocycles. The number of likely N-dealkylation sites (N-methyl/N-ethyl adjacent to an activating group) is 1. The lowest BCUT2D eigenvalue weighted by molar-refractivity contribution is -0.134. The number of aliphatic hydroxyl groups is 1. The molecule has 5 rings (SSSR count). The van der Waals surface area contributed by atoms with Crippen molar-refractivity contribution in [1.82, 2.24) is 24.8 Å². The van der Waals surface area contributed by atoms with Gasteiger partial charge in [0.2, 0.25) is 0 Å². The average molecular weight is 447 g/mol. The van der Waals surface area contributed by atoms with Crippen LogP contribution in [-0.4, -0.2) is 62.4 Å². The lowest BCUT2D eigenvalue weighted by atomic mass is 10.0. The fourth-order valence-electron chi connectivity index (χ4n) is 4.29. The smallest absolute Gasteiger partial charge is 0.250 e. The van der Waals surface area contributed by atoms with Crippen molar-refractivity contribution in [2.45, 2.75) is 30.9 Å². The molecule has 3 heterocycles. The number of fused-ring (bicyclic) bond motifs is 2. The van der Waals surface area contributed by atoms with Crippen molar-refractivity contribution in [1.29, 1.82) is 0 Å². The van der Waals surface area contributed by atoms with Crippen LogP contribution in [0.15, 0.2) is 55.1 Å². The van der Waals surface area contributed by atoms with E-state index < -0.39 is 24.5 Å². The molecule has 1 amide bonds. The molecule has 0 radical (unpaired) electrons. The van der Waals surface area contributed by atoms with Crippen LogP contribution in [0.3, 0.4) is 0 Å². The minimum absolute atomic E-state index is 0.390. The number of ether oxygens (including phenoxy) is 1.